The molecule has 0 aliphatic rings. The second kappa shape index (κ2) is 16.3. The molecule has 0 aromatic rings. The van der Waals surface area contributed by atoms with E-state index in [-0.39, 0.29) is 97.1 Å². The van der Waals surface area contributed by atoms with E-state index >= 15 is 0 Å². The third-order valence-corrected chi connectivity index (χ3v) is 0. The normalized spacial score (nSPS) is 0. The third kappa shape index (κ3) is 8.97. The topological polar surface area (TPSA) is 0 Å². The molecule has 0 heterocycles. The maximum Gasteiger partial charge on any atom is 0 e. The summed E-state index contributed by atoms with van der Waals surface area (Å²) in [7, 11) is 0. The molecule has 0 N–H and O–H groups in total. The van der Waals surface area contributed by atoms with E-state index < -0.39 is 0 Å². The van der Waals surface area contributed by atoms with Crippen LogP contribution in [0.5, 0.6) is 0 Å². The molecule has 0 bridgehead atoms. The fourth-order valence-corrected chi connectivity index (χ4v) is 0. The van der Waals surface area contributed by atoms with Crippen molar-refractivity contribution in [2.75, 3.05) is 0 Å². The van der Waals surface area contributed by atoms with E-state index in [1.54, 1.807) is 0 Å². The van der Waals surface area contributed by atoms with Crippen molar-refractivity contribution in [1.29, 1.82) is 0 Å². The van der Waals surface area contributed by atoms with Gasteiger partial charge < -0.3 is 0 Å². The van der Waals surface area contributed by atoms with Gasteiger partial charge >= 0.3 is 25.8 Å². The minimum absolute atomic E-state index is 0. The van der Waals surface area contributed by atoms with Crippen molar-refractivity contribution in [2.24, 2.45) is 0 Å². The molecule has 4 heteroatoms. The predicted molar refractivity (Wildman–Crippen MR) is 19.9 cm³/mol. The van der Waals surface area contributed by atoms with Crippen molar-refractivity contribution >= 4 is 43.2 Å². The van der Waals surface area contributed by atoms with E-state index in [1.807, 2.05) is 0 Å². The van der Waals surface area contributed by atoms with Crippen LogP contribution in [0.1, 0.15) is 0 Å². The smallest absolute Gasteiger partial charge is 0 e. The van der Waals surface area contributed by atoms with E-state index in [0.717, 1.165) is 0 Å². The van der Waals surface area contributed by atoms with Crippen LogP contribution >= 0.6 is 0 Å². The Labute approximate surface area is 95.0 Å². The van der Waals surface area contributed by atoms with Crippen LogP contribution in [0.3, 0.4) is 0 Å². The Kier molecular flexibility index (Phi) is 110. The summed E-state index contributed by atoms with van der Waals surface area (Å²) in [6, 6.07) is 0. The molecule has 0 aliphatic heterocycles. The van der Waals surface area contributed by atoms with Crippen molar-refractivity contribution in [2.45, 2.75) is 0 Å². The molecule has 0 radical (unpaired) electrons. The Balaban J connectivity index is 0. The molecule has 0 atom stereocenters. The summed E-state index contributed by atoms with van der Waals surface area (Å²) < 4.78 is 0. The van der Waals surface area contributed by atoms with Crippen molar-refractivity contribution < 1.29 is 53.9 Å². The van der Waals surface area contributed by atoms with E-state index in [9.17, 15) is 0 Å². The van der Waals surface area contributed by atoms with Crippen LogP contribution < -0.4 is 0 Å². The van der Waals surface area contributed by atoms with Crippen LogP contribution in [0, 0.1) is 0 Å². The van der Waals surface area contributed by atoms with Gasteiger partial charge in [0.05, 0.1) is 0 Å². The second-order valence-electron chi connectivity index (χ2n) is 0. The van der Waals surface area contributed by atoms with Gasteiger partial charge in [-0.15, -0.1) is 0 Å². The number of hydrogen-bond donors (Lipinski definition) is 0. The Morgan fingerprint density at radius 2 is 1.00 bits per heavy atom. The van der Waals surface area contributed by atoms with Crippen molar-refractivity contribution in [3.63, 3.8) is 0 Å². The van der Waals surface area contributed by atoms with Crippen molar-refractivity contribution in [3.05, 3.63) is 0 Å². The minimum Gasteiger partial charge on any atom is 0 e. The first-order chi connectivity index (χ1) is 0. The Hall–Kier alpha value is 3.22. The number of rotatable bonds is 0. The summed E-state index contributed by atoms with van der Waals surface area (Å²) in [6.45, 7) is 0. The van der Waals surface area contributed by atoms with Gasteiger partial charge in [-0.25, -0.2) is 0 Å². The fourth-order valence-electron chi connectivity index (χ4n) is 0. The van der Waals surface area contributed by atoms with Gasteiger partial charge in [0, 0.05) is 53.9 Å². The fraction of sp³-hybridized carbons (Fsp3) is 0. The summed E-state index contributed by atoms with van der Waals surface area (Å²) in [5.74, 6) is 0. The van der Waals surface area contributed by atoms with E-state index in [2.05, 4.69) is 0 Å². The van der Waals surface area contributed by atoms with E-state index in [0.29, 0.717) is 0 Å². The molecule has 0 saturated carbocycles. The van der Waals surface area contributed by atoms with Gasteiger partial charge in [-0.2, -0.15) is 0 Å². The molecule has 0 fully saturated rings. The van der Waals surface area contributed by atoms with Crippen LogP contribution in [0.15, 0.2) is 0 Å². The number of hydrogen-bond acceptors (Lipinski definition) is 0. The summed E-state index contributed by atoms with van der Waals surface area (Å²) in [5.41, 5.74) is 0. The molecule has 18 valence electrons. The molecule has 4 heavy (non-hydrogen) atoms. The molecule has 0 nitrogen and oxygen atoms in total. The predicted octanol–water partition coefficient (Wildman–Crippen LogP) is -2.37. The van der Waals surface area contributed by atoms with Crippen LogP contribution in [0.2, 0.25) is 0 Å². The average molecular weight is 440 g/mol. The second-order valence-corrected chi connectivity index (χ2v) is 0. The van der Waals surface area contributed by atoms with Gasteiger partial charge in [0.1, 0.15) is 0 Å². The Bertz CT molecular complexity index is 8.00. The largest absolute Gasteiger partial charge is 0 e. The van der Waals surface area contributed by atoms with Gasteiger partial charge in [0.25, 0.3) is 0 Å². The van der Waals surface area contributed by atoms with Gasteiger partial charge in [-0.05, 0) is 0 Å². The zero-order chi connectivity index (χ0) is 0. The van der Waals surface area contributed by atoms with Crippen LogP contribution in [0.4, 0.5) is 0 Å². The maximum atomic E-state index is 0. The first kappa shape index (κ1) is 26.9. The molecule has 0 rings (SSSR count). The van der Waals surface area contributed by atoms with Gasteiger partial charge in [0.15, 0.2) is 17.4 Å². The minimum atomic E-state index is 0. The molecule has 0 saturated heterocycles. The van der Waals surface area contributed by atoms with Gasteiger partial charge in [-0.3, -0.25) is 0 Å². The van der Waals surface area contributed by atoms with Crippen LogP contribution in [-0.4, -0.2) is 43.2 Å². The molecule has 0 amide bonds. The summed E-state index contributed by atoms with van der Waals surface area (Å²) >= 11 is 0. The van der Waals surface area contributed by atoms with E-state index in [4.69, 9.17) is 0 Å². The molecular weight excluding hydrogens is 434 g/mol. The van der Waals surface area contributed by atoms with Crippen LogP contribution in [0.25, 0.3) is 0 Å². The Morgan fingerprint density at radius 1 is 1.00 bits per heavy atom. The molecule has 0 aliphatic carbocycles. The van der Waals surface area contributed by atoms with Crippen molar-refractivity contribution in [1.82, 2.24) is 0 Å². The first-order valence-corrected chi connectivity index (χ1v) is 0. The molecule has 0 unspecified atom stereocenters. The molecule has 0 aromatic heterocycles. The van der Waals surface area contributed by atoms with E-state index in [1.165, 1.54) is 0 Å². The zero-order valence-corrected chi connectivity index (χ0v) is 9.16. The maximum absolute atomic E-state index is 0. The monoisotopic (exact) mass is 440 g/mol. The standard InChI is InChI=1S/Al.Hg.In.Zr.6H. The SMILES string of the molecule is [AlH3].[Hg].[InH3].[Zr]. The third-order valence-electron chi connectivity index (χ3n) is 0. The van der Waals surface area contributed by atoms with Gasteiger partial charge in [0.2, 0.25) is 0 Å². The zero-order valence-electron chi connectivity index (χ0n) is 1.21. The van der Waals surface area contributed by atoms with Gasteiger partial charge in [-0.1, -0.05) is 0 Å². The average Bonchev–Trinajstić information content (AvgIpc) is 0. The molecule has 0 spiro atoms. The quantitative estimate of drug-likeness (QED) is 0.370. The molecule has 0 aromatic carbocycles. The summed E-state index contributed by atoms with van der Waals surface area (Å²) in [6.07, 6.45) is 0. The summed E-state index contributed by atoms with van der Waals surface area (Å²) in [4.78, 5) is 0. The van der Waals surface area contributed by atoms with Crippen molar-refractivity contribution in [3.8, 4) is 0 Å². The summed E-state index contributed by atoms with van der Waals surface area (Å²) in [5, 5.41) is 0. The Morgan fingerprint density at radius 3 is 1.00 bits per heavy atom. The van der Waals surface area contributed by atoms with Crippen LogP contribution in [-0.2, 0) is 53.9 Å². The molecular formula is H6AlHgInZr. The first-order valence-electron chi connectivity index (χ1n) is 0.